The van der Waals surface area contributed by atoms with Crippen LogP contribution in [0.25, 0.3) is 0 Å². The molecule has 0 saturated heterocycles. The lowest BCUT2D eigenvalue weighted by atomic mass is 10.1. The maximum absolute atomic E-state index is 11.2. The number of aliphatic hydroxyl groups is 1. The fraction of sp³-hybridized carbons (Fsp3) is 0.400. The Bertz CT molecular complexity index is 411. The summed E-state index contributed by atoms with van der Waals surface area (Å²) in [4.78, 5) is 0.280. The Balaban J connectivity index is 2.90. The molecule has 0 aliphatic heterocycles. The Morgan fingerprint density at radius 2 is 1.87 bits per heavy atom. The van der Waals surface area contributed by atoms with Crippen LogP contribution in [0.15, 0.2) is 29.2 Å². The maximum atomic E-state index is 11.2. The van der Waals surface area contributed by atoms with Crippen molar-refractivity contribution in [1.29, 1.82) is 0 Å². The SMILES string of the molecule is CS(=O)(=O)c1ccc([C@H](N)CCO)cc1. The van der Waals surface area contributed by atoms with Crippen LogP contribution in [0.5, 0.6) is 0 Å². The van der Waals surface area contributed by atoms with Gasteiger partial charge in [-0.15, -0.1) is 0 Å². The van der Waals surface area contributed by atoms with Crippen molar-refractivity contribution < 1.29 is 13.5 Å². The molecule has 15 heavy (non-hydrogen) atoms. The third kappa shape index (κ3) is 3.30. The summed E-state index contributed by atoms with van der Waals surface area (Å²) in [6.45, 7) is 0.0228. The van der Waals surface area contributed by atoms with E-state index in [0.29, 0.717) is 6.42 Å². The van der Waals surface area contributed by atoms with Crippen molar-refractivity contribution in [2.45, 2.75) is 17.4 Å². The second-order valence-corrected chi connectivity index (χ2v) is 5.48. The molecule has 0 bridgehead atoms. The molecule has 0 aliphatic carbocycles. The molecule has 0 fully saturated rings. The third-order valence-electron chi connectivity index (χ3n) is 2.18. The van der Waals surface area contributed by atoms with Crippen LogP contribution >= 0.6 is 0 Å². The Hall–Kier alpha value is -0.910. The monoisotopic (exact) mass is 229 g/mol. The summed E-state index contributed by atoms with van der Waals surface area (Å²) in [5, 5.41) is 8.71. The van der Waals surface area contributed by atoms with Crippen LogP contribution in [0, 0.1) is 0 Å². The highest BCUT2D eigenvalue weighted by Gasteiger charge is 2.09. The van der Waals surface area contributed by atoms with Crippen molar-refractivity contribution in [3.05, 3.63) is 29.8 Å². The molecule has 4 nitrogen and oxygen atoms in total. The van der Waals surface area contributed by atoms with Gasteiger partial charge in [0.2, 0.25) is 0 Å². The lowest BCUT2D eigenvalue weighted by Crippen LogP contribution is -2.12. The van der Waals surface area contributed by atoms with Gasteiger partial charge in [0, 0.05) is 18.9 Å². The number of hydrogen-bond acceptors (Lipinski definition) is 4. The minimum atomic E-state index is -3.15. The second kappa shape index (κ2) is 4.74. The Morgan fingerprint density at radius 3 is 2.27 bits per heavy atom. The van der Waals surface area contributed by atoms with Gasteiger partial charge in [-0.25, -0.2) is 8.42 Å². The zero-order chi connectivity index (χ0) is 11.5. The Labute approximate surface area is 89.7 Å². The van der Waals surface area contributed by atoms with Gasteiger partial charge in [-0.2, -0.15) is 0 Å². The zero-order valence-corrected chi connectivity index (χ0v) is 9.37. The second-order valence-electron chi connectivity index (χ2n) is 3.46. The van der Waals surface area contributed by atoms with E-state index < -0.39 is 9.84 Å². The molecule has 3 N–H and O–H groups in total. The van der Waals surface area contributed by atoms with E-state index >= 15 is 0 Å². The predicted molar refractivity (Wildman–Crippen MR) is 58.2 cm³/mol. The van der Waals surface area contributed by atoms with Crippen LogP contribution in [0.3, 0.4) is 0 Å². The summed E-state index contributed by atoms with van der Waals surface area (Å²) in [5.41, 5.74) is 6.59. The molecule has 0 unspecified atom stereocenters. The number of nitrogens with two attached hydrogens (primary N) is 1. The van der Waals surface area contributed by atoms with Crippen LogP contribution in [0.1, 0.15) is 18.0 Å². The molecule has 0 aliphatic rings. The molecule has 1 aromatic rings. The largest absolute Gasteiger partial charge is 0.396 e. The van der Waals surface area contributed by atoms with Gasteiger partial charge >= 0.3 is 0 Å². The average molecular weight is 229 g/mol. The van der Waals surface area contributed by atoms with Crippen LogP contribution < -0.4 is 5.73 Å². The quantitative estimate of drug-likeness (QED) is 0.786. The molecule has 0 aromatic heterocycles. The normalized spacial score (nSPS) is 13.8. The fourth-order valence-corrected chi connectivity index (χ4v) is 1.90. The number of sulfone groups is 1. The van der Waals surface area contributed by atoms with E-state index in [2.05, 4.69) is 0 Å². The van der Waals surface area contributed by atoms with Gasteiger partial charge in [0.15, 0.2) is 9.84 Å². The third-order valence-corrected chi connectivity index (χ3v) is 3.30. The number of hydrogen-bond donors (Lipinski definition) is 2. The summed E-state index contributed by atoms with van der Waals surface area (Å²) in [6, 6.07) is 6.17. The average Bonchev–Trinajstić information content (AvgIpc) is 2.17. The predicted octanol–water partition coefficient (Wildman–Crippen LogP) is 0.472. The van der Waals surface area contributed by atoms with Crippen molar-refractivity contribution in [3.8, 4) is 0 Å². The highest BCUT2D eigenvalue weighted by molar-refractivity contribution is 7.90. The molecular weight excluding hydrogens is 214 g/mol. The highest BCUT2D eigenvalue weighted by atomic mass is 32.2. The number of aliphatic hydroxyl groups excluding tert-OH is 1. The number of rotatable bonds is 4. The first-order chi connectivity index (χ1) is 6.95. The van der Waals surface area contributed by atoms with E-state index in [1.807, 2.05) is 0 Å². The van der Waals surface area contributed by atoms with Gasteiger partial charge in [0.25, 0.3) is 0 Å². The summed E-state index contributed by atoms with van der Waals surface area (Å²) in [6.07, 6.45) is 1.63. The van der Waals surface area contributed by atoms with Crippen molar-refractivity contribution in [2.24, 2.45) is 5.73 Å². The molecule has 1 atom stereocenters. The summed E-state index contributed by atoms with van der Waals surface area (Å²) >= 11 is 0. The molecule has 84 valence electrons. The molecular formula is C10H15NO3S. The van der Waals surface area contributed by atoms with E-state index in [-0.39, 0.29) is 17.5 Å². The van der Waals surface area contributed by atoms with Crippen molar-refractivity contribution >= 4 is 9.84 Å². The first-order valence-corrected chi connectivity index (χ1v) is 6.50. The zero-order valence-electron chi connectivity index (χ0n) is 8.55. The van der Waals surface area contributed by atoms with Gasteiger partial charge in [-0.05, 0) is 24.1 Å². The van der Waals surface area contributed by atoms with Crippen molar-refractivity contribution in [2.75, 3.05) is 12.9 Å². The van der Waals surface area contributed by atoms with E-state index in [4.69, 9.17) is 10.8 Å². The van der Waals surface area contributed by atoms with E-state index in [0.717, 1.165) is 11.8 Å². The van der Waals surface area contributed by atoms with Crippen LogP contribution in [0.4, 0.5) is 0 Å². The van der Waals surface area contributed by atoms with Crippen molar-refractivity contribution in [3.63, 3.8) is 0 Å². The van der Waals surface area contributed by atoms with Crippen LogP contribution in [-0.2, 0) is 9.84 Å². The lowest BCUT2D eigenvalue weighted by molar-refractivity contribution is 0.276. The lowest BCUT2D eigenvalue weighted by Gasteiger charge is -2.10. The van der Waals surface area contributed by atoms with Gasteiger partial charge in [0.05, 0.1) is 4.90 Å². The topological polar surface area (TPSA) is 80.4 Å². The van der Waals surface area contributed by atoms with E-state index in [1.165, 1.54) is 12.1 Å². The first kappa shape index (κ1) is 12.2. The Morgan fingerprint density at radius 1 is 1.33 bits per heavy atom. The van der Waals surface area contributed by atoms with E-state index in [1.54, 1.807) is 12.1 Å². The van der Waals surface area contributed by atoms with E-state index in [9.17, 15) is 8.42 Å². The standard InChI is InChI=1S/C10H15NO3S/c1-15(13,14)9-4-2-8(3-5-9)10(11)6-7-12/h2-5,10,12H,6-7,11H2,1H3/t10-/m1/s1. The van der Waals surface area contributed by atoms with Gasteiger partial charge in [-0.1, -0.05) is 12.1 Å². The molecule has 0 heterocycles. The van der Waals surface area contributed by atoms with Crippen LogP contribution in [0.2, 0.25) is 0 Å². The highest BCUT2D eigenvalue weighted by Crippen LogP contribution is 2.16. The van der Waals surface area contributed by atoms with Crippen LogP contribution in [-0.4, -0.2) is 26.4 Å². The molecule has 1 rings (SSSR count). The van der Waals surface area contributed by atoms with Gasteiger partial charge in [0.1, 0.15) is 0 Å². The Kier molecular flexibility index (Phi) is 3.84. The number of benzene rings is 1. The fourth-order valence-electron chi connectivity index (χ4n) is 1.27. The van der Waals surface area contributed by atoms with Gasteiger partial charge in [-0.3, -0.25) is 0 Å². The molecule has 0 saturated carbocycles. The molecule has 0 spiro atoms. The molecule has 0 radical (unpaired) electrons. The smallest absolute Gasteiger partial charge is 0.175 e. The minimum absolute atomic E-state index is 0.0228. The summed E-state index contributed by atoms with van der Waals surface area (Å²) in [7, 11) is -3.15. The molecule has 0 amide bonds. The molecule has 1 aromatic carbocycles. The van der Waals surface area contributed by atoms with Gasteiger partial charge < -0.3 is 10.8 Å². The minimum Gasteiger partial charge on any atom is -0.396 e. The maximum Gasteiger partial charge on any atom is 0.175 e. The summed E-state index contributed by atoms with van der Waals surface area (Å²) in [5.74, 6) is 0. The molecule has 5 heteroatoms. The summed E-state index contributed by atoms with van der Waals surface area (Å²) < 4.78 is 22.3. The van der Waals surface area contributed by atoms with Crippen molar-refractivity contribution in [1.82, 2.24) is 0 Å². The first-order valence-electron chi connectivity index (χ1n) is 4.61.